The molecule has 0 saturated carbocycles. The van der Waals surface area contributed by atoms with Gasteiger partial charge in [-0.2, -0.15) is 0 Å². The summed E-state index contributed by atoms with van der Waals surface area (Å²) in [7, 11) is 0. The number of amides is 1. The first kappa shape index (κ1) is 13.7. The number of benzene rings is 1. The second-order valence-corrected chi connectivity index (χ2v) is 5.46. The van der Waals surface area contributed by atoms with Gasteiger partial charge in [0.15, 0.2) is 0 Å². The first-order chi connectivity index (χ1) is 7.61. The van der Waals surface area contributed by atoms with Crippen LogP contribution in [-0.2, 0) is 11.2 Å². The fourth-order valence-electron chi connectivity index (χ4n) is 1.35. The lowest BCUT2D eigenvalue weighted by Crippen LogP contribution is -2.33. The average Bonchev–Trinajstić information content (AvgIpc) is 2.21. The minimum absolute atomic E-state index is 0.0794. The maximum Gasteiger partial charge on any atom is 0.224 e. The highest BCUT2D eigenvalue weighted by Crippen LogP contribution is 2.10. The highest BCUT2D eigenvalue weighted by Gasteiger charge is 2.07. The molecule has 0 radical (unpaired) electrons. The molecule has 88 valence electrons. The van der Waals surface area contributed by atoms with E-state index in [1.54, 1.807) is 0 Å². The number of hydrogen-bond donors (Lipinski definition) is 1. The van der Waals surface area contributed by atoms with Gasteiger partial charge in [-0.25, -0.2) is 0 Å². The van der Waals surface area contributed by atoms with Gasteiger partial charge in [0.1, 0.15) is 0 Å². The van der Waals surface area contributed by atoms with Gasteiger partial charge in [-0.15, -0.1) is 0 Å². The van der Waals surface area contributed by atoms with Crippen LogP contribution in [0.15, 0.2) is 28.7 Å². The summed E-state index contributed by atoms with van der Waals surface area (Å²) in [5, 5.41) is 3.87. The Kier molecular flexibility index (Phi) is 6.06. The Morgan fingerprint density at radius 1 is 1.38 bits per heavy atom. The molecular formula is C12H15Br2NO. The van der Waals surface area contributed by atoms with Gasteiger partial charge >= 0.3 is 0 Å². The van der Waals surface area contributed by atoms with E-state index in [9.17, 15) is 4.79 Å². The number of alkyl halides is 1. The lowest BCUT2D eigenvalue weighted by molar-refractivity contribution is -0.121. The largest absolute Gasteiger partial charge is 0.353 e. The molecule has 0 aliphatic heterocycles. The highest BCUT2D eigenvalue weighted by molar-refractivity contribution is 9.10. The minimum atomic E-state index is 0.0794. The number of halogens is 2. The topological polar surface area (TPSA) is 29.1 Å². The van der Waals surface area contributed by atoms with Crippen LogP contribution >= 0.6 is 31.9 Å². The van der Waals surface area contributed by atoms with Crippen molar-refractivity contribution in [1.82, 2.24) is 5.32 Å². The van der Waals surface area contributed by atoms with Crippen molar-refractivity contribution in [1.29, 1.82) is 0 Å². The van der Waals surface area contributed by atoms with E-state index in [4.69, 9.17) is 0 Å². The van der Waals surface area contributed by atoms with Gasteiger partial charge < -0.3 is 5.32 Å². The fourth-order valence-corrected chi connectivity index (χ4v) is 2.30. The van der Waals surface area contributed by atoms with E-state index in [0.717, 1.165) is 21.8 Å². The first-order valence-corrected chi connectivity index (χ1v) is 7.13. The second kappa shape index (κ2) is 7.07. The van der Waals surface area contributed by atoms with Crippen molar-refractivity contribution in [3.8, 4) is 0 Å². The molecule has 1 aromatic rings. The molecular weight excluding hydrogens is 334 g/mol. The van der Waals surface area contributed by atoms with Crippen LogP contribution in [0.25, 0.3) is 0 Å². The van der Waals surface area contributed by atoms with Gasteiger partial charge in [0.05, 0.1) is 6.42 Å². The number of carbonyl (C=O) groups is 1. The standard InChI is InChI=1S/C12H15Br2NO/c1-9(6-7-13)15-12(16)8-10-2-4-11(14)5-3-10/h2-5,9H,6-8H2,1H3,(H,15,16). The van der Waals surface area contributed by atoms with Gasteiger partial charge in [-0.05, 0) is 31.0 Å². The molecule has 1 rings (SSSR count). The SMILES string of the molecule is CC(CCBr)NC(=O)Cc1ccc(Br)cc1. The molecule has 2 nitrogen and oxygen atoms in total. The van der Waals surface area contributed by atoms with E-state index in [2.05, 4.69) is 37.2 Å². The molecule has 0 aliphatic carbocycles. The molecule has 1 atom stereocenters. The Bertz CT molecular complexity index is 337. The summed E-state index contributed by atoms with van der Waals surface area (Å²) in [5.74, 6) is 0.0794. The van der Waals surface area contributed by atoms with Crippen LogP contribution in [0.4, 0.5) is 0 Å². The minimum Gasteiger partial charge on any atom is -0.353 e. The maximum absolute atomic E-state index is 11.6. The second-order valence-electron chi connectivity index (χ2n) is 3.75. The third-order valence-electron chi connectivity index (χ3n) is 2.23. The molecule has 0 spiro atoms. The molecule has 0 fully saturated rings. The lowest BCUT2D eigenvalue weighted by atomic mass is 10.1. The summed E-state index contributed by atoms with van der Waals surface area (Å²) in [6, 6.07) is 8.04. The Labute approximate surface area is 113 Å². The van der Waals surface area contributed by atoms with Gasteiger partial charge in [0.25, 0.3) is 0 Å². The smallest absolute Gasteiger partial charge is 0.224 e. The Morgan fingerprint density at radius 3 is 2.56 bits per heavy atom. The van der Waals surface area contributed by atoms with Crippen molar-refractivity contribution in [3.63, 3.8) is 0 Å². The lowest BCUT2D eigenvalue weighted by Gasteiger charge is -2.12. The monoisotopic (exact) mass is 347 g/mol. The molecule has 0 aliphatic rings. The van der Waals surface area contributed by atoms with Crippen LogP contribution in [0.5, 0.6) is 0 Å². The van der Waals surface area contributed by atoms with E-state index in [1.165, 1.54) is 0 Å². The first-order valence-electron chi connectivity index (χ1n) is 5.21. The number of carbonyl (C=O) groups excluding carboxylic acids is 1. The predicted octanol–water partition coefficient (Wildman–Crippen LogP) is 3.28. The quantitative estimate of drug-likeness (QED) is 0.813. The van der Waals surface area contributed by atoms with Crippen molar-refractivity contribution in [3.05, 3.63) is 34.3 Å². The summed E-state index contributed by atoms with van der Waals surface area (Å²) < 4.78 is 1.03. The van der Waals surface area contributed by atoms with E-state index in [0.29, 0.717) is 6.42 Å². The zero-order valence-corrected chi connectivity index (χ0v) is 12.3. The van der Waals surface area contributed by atoms with Gasteiger partial charge in [-0.1, -0.05) is 44.0 Å². The molecule has 0 heterocycles. The summed E-state index contributed by atoms with van der Waals surface area (Å²) >= 11 is 6.72. The number of nitrogens with one attached hydrogen (secondary N) is 1. The summed E-state index contributed by atoms with van der Waals surface area (Å²) in [6.45, 7) is 2.01. The third kappa shape index (κ3) is 5.12. The van der Waals surface area contributed by atoms with Gasteiger partial charge in [0, 0.05) is 15.8 Å². The number of rotatable bonds is 5. The van der Waals surface area contributed by atoms with Gasteiger partial charge in [0.2, 0.25) is 5.91 Å². The summed E-state index contributed by atoms with van der Waals surface area (Å²) in [4.78, 5) is 11.6. The fraction of sp³-hybridized carbons (Fsp3) is 0.417. The van der Waals surface area contributed by atoms with Crippen molar-refractivity contribution in [2.75, 3.05) is 5.33 Å². The maximum atomic E-state index is 11.6. The van der Waals surface area contributed by atoms with Crippen LogP contribution in [0.3, 0.4) is 0 Å². The molecule has 1 unspecified atom stereocenters. The van der Waals surface area contributed by atoms with Crippen LogP contribution < -0.4 is 5.32 Å². The predicted molar refractivity (Wildman–Crippen MR) is 73.9 cm³/mol. The zero-order valence-electron chi connectivity index (χ0n) is 9.17. The molecule has 0 bridgehead atoms. The Balaban J connectivity index is 2.42. The van der Waals surface area contributed by atoms with E-state index >= 15 is 0 Å². The molecule has 1 amide bonds. The van der Waals surface area contributed by atoms with E-state index < -0.39 is 0 Å². The molecule has 0 aromatic heterocycles. The van der Waals surface area contributed by atoms with Crippen LogP contribution in [0.2, 0.25) is 0 Å². The molecule has 1 aromatic carbocycles. The Hall–Kier alpha value is -0.350. The Morgan fingerprint density at radius 2 is 2.00 bits per heavy atom. The van der Waals surface area contributed by atoms with Crippen molar-refractivity contribution in [2.24, 2.45) is 0 Å². The average molecular weight is 349 g/mol. The van der Waals surface area contributed by atoms with Crippen LogP contribution in [-0.4, -0.2) is 17.3 Å². The highest BCUT2D eigenvalue weighted by atomic mass is 79.9. The molecule has 0 saturated heterocycles. The van der Waals surface area contributed by atoms with Crippen molar-refractivity contribution < 1.29 is 4.79 Å². The third-order valence-corrected chi connectivity index (χ3v) is 3.21. The van der Waals surface area contributed by atoms with Crippen LogP contribution in [0, 0.1) is 0 Å². The van der Waals surface area contributed by atoms with E-state index in [-0.39, 0.29) is 11.9 Å². The van der Waals surface area contributed by atoms with Crippen molar-refractivity contribution >= 4 is 37.8 Å². The number of hydrogen-bond acceptors (Lipinski definition) is 1. The van der Waals surface area contributed by atoms with E-state index in [1.807, 2.05) is 31.2 Å². The van der Waals surface area contributed by atoms with Crippen LogP contribution in [0.1, 0.15) is 18.9 Å². The summed E-state index contributed by atoms with van der Waals surface area (Å²) in [5.41, 5.74) is 1.03. The zero-order chi connectivity index (χ0) is 12.0. The molecule has 16 heavy (non-hydrogen) atoms. The molecule has 1 N–H and O–H groups in total. The van der Waals surface area contributed by atoms with Gasteiger partial charge in [-0.3, -0.25) is 4.79 Å². The molecule has 4 heteroatoms. The summed E-state index contributed by atoms with van der Waals surface area (Å²) in [6.07, 6.45) is 1.39. The van der Waals surface area contributed by atoms with Crippen molar-refractivity contribution in [2.45, 2.75) is 25.8 Å². The normalized spacial score (nSPS) is 12.2.